The van der Waals surface area contributed by atoms with Crippen molar-refractivity contribution < 1.29 is 27.0 Å². The summed E-state index contributed by atoms with van der Waals surface area (Å²) in [5, 5.41) is 12.8. The quantitative estimate of drug-likeness (QED) is 0.737. The zero-order chi connectivity index (χ0) is 11.5. The largest absolute Gasteiger partial charge is 2.00 e. The molecule has 0 saturated carbocycles. The van der Waals surface area contributed by atoms with Gasteiger partial charge in [-0.25, -0.2) is 0 Å². The van der Waals surface area contributed by atoms with Crippen LogP contribution in [0.5, 0.6) is 0 Å². The molecule has 1 aromatic carbocycles. The van der Waals surface area contributed by atoms with Gasteiger partial charge in [0, 0.05) is 23.5 Å². The van der Waals surface area contributed by atoms with E-state index >= 15 is 0 Å². The number of nitrogens with one attached hydrogen (secondary N) is 2. The average Bonchev–Trinajstić information content (AvgIpc) is 2.69. The Kier molecular flexibility index (Phi) is 4.75. The van der Waals surface area contributed by atoms with Crippen LogP contribution in [0.15, 0.2) is 30.5 Å². The number of rotatable bonds is 4. The van der Waals surface area contributed by atoms with Gasteiger partial charge < -0.3 is 15.4 Å². The second kappa shape index (κ2) is 5.87. The van der Waals surface area contributed by atoms with Gasteiger partial charge in [-0.05, 0) is 18.7 Å². The fraction of sp³-hybridized carbons (Fsp3) is 0.250. The Hall–Kier alpha value is -1.29. The molecule has 0 bridgehead atoms. The molecule has 2 aromatic rings. The van der Waals surface area contributed by atoms with Gasteiger partial charge in [0.2, 0.25) is 0 Å². The number of carbonyl (C=O) groups is 1. The van der Waals surface area contributed by atoms with E-state index in [2.05, 4.69) is 10.3 Å². The fourth-order valence-corrected chi connectivity index (χ4v) is 1.83. The predicted molar refractivity (Wildman–Crippen MR) is 62.5 cm³/mol. The standard InChI is InChI=1S/C12H14N2O2.Mn/c1-13-11(12(15)16)6-8-7-14-10-5-3-2-4-9(8)10;/h2-5,7,11,13-14H,6H2,1H3,(H,15,16);/q;+2/t11-;/m0./s1. The number of carboxylic acids is 1. The predicted octanol–water partition coefficient (Wildman–Crippen LogP) is 1.38. The number of hydrogen-bond acceptors (Lipinski definition) is 2. The molecule has 0 aliphatic heterocycles. The van der Waals surface area contributed by atoms with Crippen LogP contribution < -0.4 is 5.32 Å². The molecule has 4 nitrogen and oxygen atoms in total. The van der Waals surface area contributed by atoms with Crippen LogP contribution in [0, 0.1) is 0 Å². The molecule has 17 heavy (non-hydrogen) atoms. The van der Waals surface area contributed by atoms with E-state index in [1.54, 1.807) is 7.05 Å². The topological polar surface area (TPSA) is 65.1 Å². The Morgan fingerprint density at radius 1 is 1.47 bits per heavy atom. The second-order valence-corrected chi connectivity index (χ2v) is 3.74. The molecule has 0 amide bonds. The van der Waals surface area contributed by atoms with E-state index in [0.29, 0.717) is 6.42 Å². The van der Waals surface area contributed by atoms with Gasteiger partial charge in [-0.1, -0.05) is 18.2 Å². The molecule has 0 unspecified atom stereocenters. The van der Waals surface area contributed by atoms with Gasteiger partial charge >= 0.3 is 23.0 Å². The van der Waals surface area contributed by atoms with E-state index in [9.17, 15) is 4.79 Å². The molecule has 1 heterocycles. The molecule has 1 aromatic heterocycles. The van der Waals surface area contributed by atoms with Crippen LogP contribution >= 0.6 is 0 Å². The Balaban J connectivity index is 0.00000144. The van der Waals surface area contributed by atoms with Crippen LogP contribution in [0.25, 0.3) is 10.9 Å². The van der Waals surface area contributed by atoms with Gasteiger partial charge in [-0.2, -0.15) is 0 Å². The molecule has 1 atom stereocenters. The number of aliphatic carboxylic acids is 1. The summed E-state index contributed by atoms with van der Waals surface area (Å²) in [6.07, 6.45) is 2.35. The fourth-order valence-electron chi connectivity index (χ4n) is 1.83. The third kappa shape index (κ3) is 2.88. The minimum Gasteiger partial charge on any atom is -0.480 e. The number of para-hydroxylation sites is 1. The molecule has 2 rings (SSSR count). The number of benzene rings is 1. The SMILES string of the molecule is CN[C@@H](Cc1c[nH]c2ccccc12)C(=O)O.[Mn+2]. The molecule has 0 spiro atoms. The van der Waals surface area contributed by atoms with Gasteiger partial charge in [-0.15, -0.1) is 0 Å². The molecule has 0 aliphatic carbocycles. The Morgan fingerprint density at radius 3 is 2.82 bits per heavy atom. The second-order valence-electron chi connectivity index (χ2n) is 3.74. The van der Waals surface area contributed by atoms with Crippen molar-refractivity contribution in [2.24, 2.45) is 0 Å². The summed E-state index contributed by atoms with van der Waals surface area (Å²) in [7, 11) is 1.66. The van der Waals surface area contributed by atoms with Crippen molar-refractivity contribution in [2.75, 3.05) is 7.05 Å². The molecule has 3 N–H and O–H groups in total. The Morgan fingerprint density at radius 2 is 2.18 bits per heavy atom. The van der Waals surface area contributed by atoms with E-state index in [-0.39, 0.29) is 17.1 Å². The molecule has 0 fully saturated rings. The van der Waals surface area contributed by atoms with Crippen LogP contribution in [0.3, 0.4) is 0 Å². The Labute approximate surface area is 110 Å². The minimum atomic E-state index is -0.826. The van der Waals surface area contributed by atoms with Gasteiger partial charge in [0.15, 0.2) is 0 Å². The molecule has 0 aliphatic rings. The van der Waals surface area contributed by atoms with Crippen molar-refractivity contribution in [2.45, 2.75) is 12.5 Å². The molecular formula is C12H14MnN2O2+2. The third-order valence-electron chi connectivity index (χ3n) is 2.75. The van der Waals surface area contributed by atoms with Gasteiger partial charge in [0.05, 0.1) is 0 Å². The summed E-state index contributed by atoms with van der Waals surface area (Å²) in [5.74, 6) is -0.826. The van der Waals surface area contributed by atoms with Crippen LogP contribution in [0.4, 0.5) is 0 Å². The maximum Gasteiger partial charge on any atom is 2.00 e. The molecule has 1 radical (unpaired) electrons. The molecule has 5 heteroatoms. The van der Waals surface area contributed by atoms with Crippen LogP contribution in [0.1, 0.15) is 5.56 Å². The number of carboxylic acid groups (broad SMARTS) is 1. The molecule has 89 valence electrons. The van der Waals surface area contributed by atoms with Gasteiger partial charge in [-0.3, -0.25) is 4.79 Å². The third-order valence-corrected chi connectivity index (χ3v) is 2.75. The van der Waals surface area contributed by atoms with E-state index in [4.69, 9.17) is 5.11 Å². The molecule has 0 saturated heterocycles. The summed E-state index contributed by atoms with van der Waals surface area (Å²) >= 11 is 0. The first-order valence-corrected chi connectivity index (χ1v) is 5.17. The van der Waals surface area contributed by atoms with Crippen molar-refractivity contribution >= 4 is 16.9 Å². The first-order chi connectivity index (χ1) is 7.72. The number of likely N-dealkylation sites (N-methyl/N-ethyl adjacent to an activating group) is 1. The van der Waals surface area contributed by atoms with Crippen molar-refractivity contribution in [3.63, 3.8) is 0 Å². The van der Waals surface area contributed by atoms with Crippen molar-refractivity contribution in [1.82, 2.24) is 10.3 Å². The van der Waals surface area contributed by atoms with Crippen LogP contribution in [-0.4, -0.2) is 29.1 Å². The van der Waals surface area contributed by atoms with E-state index < -0.39 is 12.0 Å². The normalized spacial score (nSPS) is 12.1. The molecular weight excluding hydrogens is 259 g/mol. The van der Waals surface area contributed by atoms with E-state index in [1.165, 1.54) is 0 Å². The number of H-pyrrole nitrogens is 1. The van der Waals surface area contributed by atoms with Crippen molar-refractivity contribution in [3.8, 4) is 0 Å². The van der Waals surface area contributed by atoms with E-state index in [0.717, 1.165) is 16.5 Å². The summed E-state index contributed by atoms with van der Waals surface area (Å²) < 4.78 is 0. The van der Waals surface area contributed by atoms with Crippen molar-refractivity contribution in [3.05, 3.63) is 36.0 Å². The minimum absolute atomic E-state index is 0. The summed E-state index contributed by atoms with van der Waals surface area (Å²) in [4.78, 5) is 14.1. The maximum atomic E-state index is 10.9. The zero-order valence-corrected chi connectivity index (χ0v) is 10.6. The summed E-state index contributed by atoms with van der Waals surface area (Å²) in [5.41, 5.74) is 2.06. The number of aromatic amines is 1. The Bertz CT molecular complexity index is 510. The van der Waals surface area contributed by atoms with Crippen LogP contribution in [0.2, 0.25) is 0 Å². The van der Waals surface area contributed by atoms with Gasteiger partial charge in [0.1, 0.15) is 6.04 Å². The summed E-state index contributed by atoms with van der Waals surface area (Å²) in [6.45, 7) is 0. The van der Waals surface area contributed by atoms with Gasteiger partial charge in [0.25, 0.3) is 0 Å². The summed E-state index contributed by atoms with van der Waals surface area (Å²) in [6, 6.07) is 7.34. The number of hydrogen-bond donors (Lipinski definition) is 3. The first-order valence-electron chi connectivity index (χ1n) is 5.17. The smallest absolute Gasteiger partial charge is 0.480 e. The average molecular weight is 273 g/mol. The van der Waals surface area contributed by atoms with Crippen LogP contribution in [-0.2, 0) is 28.3 Å². The first kappa shape index (κ1) is 13.8. The number of fused-ring (bicyclic) bond motifs is 1. The monoisotopic (exact) mass is 273 g/mol. The van der Waals surface area contributed by atoms with Crippen molar-refractivity contribution in [1.29, 1.82) is 0 Å². The maximum absolute atomic E-state index is 10.9. The van der Waals surface area contributed by atoms with E-state index in [1.807, 2.05) is 30.5 Å². The zero-order valence-electron chi connectivity index (χ0n) is 9.40. The number of aromatic nitrogens is 1.